The normalized spacial score (nSPS) is 11.5. The molecule has 0 aliphatic heterocycles. The average Bonchev–Trinajstić information content (AvgIpc) is 2.67. The second-order valence-electron chi connectivity index (χ2n) is 6.11. The smallest absolute Gasteiger partial charge is 0.242 e. The van der Waals surface area contributed by atoms with Gasteiger partial charge in [-0.15, -0.1) is 0 Å². The van der Waals surface area contributed by atoms with Crippen LogP contribution in [0, 0.1) is 0 Å². The standard InChI is InChI=1S/C21H21NO3S/c1-22(2)26(23,24)21-10-6-7-17(15-21)16-25-20-13-11-19(12-14-20)18-8-4-3-5-9-18/h3-15H,16H2,1-2H3. The van der Waals surface area contributed by atoms with Crippen molar-refractivity contribution in [3.63, 3.8) is 0 Å². The monoisotopic (exact) mass is 367 g/mol. The highest BCUT2D eigenvalue weighted by Crippen LogP contribution is 2.23. The molecule has 3 rings (SSSR count). The number of benzene rings is 3. The fourth-order valence-electron chi connectivity index (χ4n) is 2.55. The summed E-state index contributed by atoms with van der Waals surface area (Å²) in [5.74, 6) is 0.741. The van der Waals surface area contributed by atoms with E-state index in [-0.39, 0.29) is 4.90 Å². The SMILES string of the molecule is CN(C)S(=O)(=O)c1cccc(COc2ccc(-c3ccccc3)cc2)c1. The molecule has 0 unspecified atom stereocenters. The summed E-state index contributed by atoms with van der Waals surface area (Å²) in [7, 11) is -0.400. The lowest BCUT2D eigenvalue weighted by Crippen LogP contribution is -2.22. The summed E-state index contributed by atoms with van der Waals surface area (Å²) in [4.78, 5) is 0.267. The fourth-order valence-corrected chi connectivity index (χ4v) is 3.52. The van der Waals surface area contributed by atoms with Crippen molar-refractivity contribution in [2.45, 2.75) is 11.5 Å². The van der Waals surface area contributed by atoms with Crippen LogP contribution in [0.5, 0.6) is 5.75 Å². The fraction of sp³-hybridized carbons (Fsp3) is 0.143. The van der Waals surface area contributed by atoms with E-state index in [1.54, 1.807) is 18.2 Å². The third-order valence-electron chi connectivity index (χ3n) is 4.04. The topological polar surface area (TPSA) is 46.6 Å². The van der Waals surface area contributed by atoms with E-state index in [1.807, 2.05) is 48.5 Å². The van der Waals surface area contributed by atoms with Crippen molar-refractivity contribution in [2.75, 3.05) is 14.1 Å². The number of rotatable bonds is 6. The first-order valence-corrected chi connectivity index (χ1v) is 9.70. The molecule has 0 aromatic heterocycles. The third-order valence-corrected chi connectivity index (χ3v) is 5.86. The predicted octanol–water partition coefficient (Wildman–Crippen LogP) is 4.18. The molecule has 0 bridgehead atoms. The van der Waals surface area contributed by atoms with Gasteiger partial charge in [0.2, 0.25) is 10.0 Å². The van der Waals surface area contributed by atoms with Crippen LogP contribution in [-0.4, -0.2) is 26.8 Å². The molecule has 0 spiro atoms. The minimum Gasteiger partial charge on any atom is -0.489 e. The number of hydrogen-bond donors (Lipinski definition) is 0. The van der Waals surface area contributed by atoms with Crippen LogP contribution < -0.4 is 4.74 Å². The van der Waals surface area contributed by atoms with Crippen LogP contribution in [0.25, 0.3) is 11.1 Å². The van der Waals surface area contributed by atoms with Gasteiger partial charge in [-0.2, -0.15) is 0 Å². The van der Waals surface area contributed by atoms with Crippen LogP contribution in [-0.2, 0) is 16.6 Å². The van der Waals surface area contributed by atoms with Crippen molar-refractivity contribution in [3.05, 3.63) is 84.4 Å². The molecule has 0 saturated carbocycles. The molecule has 0 N–H and O–H groups in total. The van der Waals surface area contributed by atoms with E-state index in [4.69, 9.17) is 4.74 Å². The molecule has 3 aromatic rings. The highest BCUT2D eigenvalue weighted by atomic mass is 32.2. The first-order valence-electron chi connectivity index (χ1n) is 8.26. The van der Waals surface area contributed by atoms with Crippen LogP contribution in [0.4, 0.5) is 0 Å². The Morgan fingerprint density at radius 1 is 0.808 bits per heavy atom. The molecule has 0 fully saturated rings. The zero-order valence-electron chi connectivity index (χ0n) is 14.8. The zero-order valence-corrected chi connectivity index (χ0v) is 15.6. The van der Waals surface area contributed by atoms with Gasteiger partial charge in [0.25, 0.3) is 0 Å². The number of sulfonamides is 1. The molecule has 0 heterocycles. The summed E-state index contributed by atoms with van der Waals surface area (Å²) in [6.45, 7) is 0.307. The van der Waals surface area contributed by atoms with Crippen molar-refractivity contribution < 1.29 is 13.2 Å². The minimum atomic E-state index is -3.44. The van der Waals surface area contributed by atoms with E-state index in [0.29, 0.717) is 6.61 Å². The van der Waals surface area contributed by atoms with Crippen LogP contribution in [0.2, 0.25) is 0 Å². The van der Waals surface area contributed by atoms with Crippen molar-refractivity contribution >= 4 is 10.0 Å². The summed E-state index contributed by atoms with van der Waals surface area (Å²) in [5.41, 5.74) is 3.08. The van der Waals surface area contributed by atoms with Gasteiger partial charge in [-0.3, -0.25) is 0 Å². The maximum absolute atomic E-state index is 12.2. The highest BCUT2D eigenvalue weighted by molar-refractivity contribution is 7.89. The van der Waals surface area contributed by atoms with Crippen molar-refractivity contribution in [1.29, 1.82) is 0 Å². The lowest BCUT2D eigenvalue weighted by atomic mass is 10.1. The number of nitrogens with zero attached hydrogens (tertiary/aromatic N) is 1. The van der Waals surface area contributed by atoms with Gasteiger partial charge in [-0.25, -0.2) is 12.7 Å². The molecule has 0 atom stereocenters. The van der Waals surface area contributed by atoms with Crippen molar-refractivity contribution in [3.8, 4) is 16.9 Å². The molecule has 4 nitrogen and oxygen atoms in total. The summed E-state index contributed by atoms with van der Waals surface area (Å²) >= 11 is 0. The zero-order chi connectivity index (χ0) is 18.6. The van der Waals surface area contributed by atoms with E-state index in [1.165, 1.54) is 18.4 Å². The Balaban J connectivity index is 1.70. The molecule has 0 saturated heterocycles. The molecule has 26 heavy (non-hydrogen) atoms. The second kappa shape index (κ2) is 7.72. The molecular formula is C21H21NO3S. The van der Waals surface area contributed by atoms with Gasteiger partial charge in [0, 0.05) is 14.1 Å². The molecule has 0 amide bonds. The largest absolute Gasteiger partial charge is 0.489 e. The molecule has 3 aromatic carbocycles. The van der Waals surface area contributed by atoms with Crippen LogP contribution in [0.3, 0.4) is 0 Å². The first kappa shape index (κ1) is 18.2. The van der Waals surface area contributed by atoms with Crippen LogP contribution >= 0.6 is 0 Å². The molecule has 0 radical (unpaired) electrons. The summed E-state index contributed by atoms with van der Waals surface area (Å²) < 4.78 is 31.4. The highest BCUT2D eigenvalue weighted by Gasteiger charge is 2.17. The lowest BCUT2D eigenvalue weighted by molar-refractivity contribution is 0.306. The maximum atomic E-state index is 12.2. The predicted molar refractivity (Wildman–Crippen MR) is 104 cm³/mol. The Morgan fingerprint density at radius 3 is 2.12 bits per heavy atom. The van der Waals surface area contributed by atoms with E-state index in [2.05, 4.69) is 12.1 Å². The van der Waals surface area contributed by atoms with Gasteiger partial charge in [-0.05, 0) is 41.0 Å². The molecular weight excluding hydrogens is 346 g/mol. The van der Waals surface area contributed by atoms with Crippen LogP contribution in [0.1, 0.15) is 5.56 Å². The lowest BCUT2D eigenvalue weighted by Gasteiger charge is -2.13. The van der Waals surface area contributed by atoms with Gasteiger partial charge in [0.15, 0.2) is 0 Å². The van der Waals surface area contributed by atoms with Gasteiger partial charge in [0.1, 0.15) is 12.4 Å². The summed E-state index contributed by atoms with van der Waals surface area (Å²) in [5, 5.41) is 0. The second-order valence-corrected chi connectivity index (χ2v) is 8.27. The van der Waals surface area contributed by atoms with Crippen molar-refractivity contribution in [1.82, 2.24) is 4.31 Å². The minimum absolute atomic E-state index is 0.267. The molecule has 0 aliphatic carbocycles. The Kier molecular flexibility index (Phi) is 5.40. The Bertz CT molecular complexity index is 966. The van der Waals surface area contributed by atoms with Gasteiger partial charge < -0.3 is 4.74 Å². The third kappa shape index (κ3) is 4.12. The molecule has 5 heteroatoms. The Morgan fingerprint density at radius 2 is 1.46 bits per heavy atom. The van der Waals surface area contributed by atoms with Gasteiger partial charge in [-0.1, -0.05) is 54.6 Å². The van der Waals surface area contributed by atoms with E-state index < -0.39 is 10.0 Å². The van der Waals surface area contributed by atoms with Gasteiger partial charge >= 0.3 is 0 Å². The average molecular weight is 367 g/mol. The summed E-state index contributed by atoms with van der Waals surface area (Å²) in [6, 6.07) is 24.8. The molecule has 0 aliphatic rings. The van der Waals surface area contributed by atoms with Crippen LogP contribution in [0.15, 0.2) is 83.8 Å². The van der Waals surface area contributed by atoms with E-state index in [0.717, 1.165) is 22.4 Å². The molecule has 134 valence electrons. The Hall–Kier alpha value is -2.63. The summed E-state index contributed by atoms with van der Waals surface area (Å²) in [6.07, 6.45) is 0. The maximum Gasteiger partial charge on any atom is 0.242 e. The van der Waals surface area contributed by atoms with Gasteiger partial charge in [0.05, 0.1) is 4.90 Å². The number of ether oxygens (including phenoxy) is 1. The van der Waals surface area contributed by atoms with E-state index >= 15 is 0 Å². The first-order chi connectivity index (χ1) is 12.5. The Labute approximate surface area is 154 Å². The number of hydrogen-bond acceptors (Lipinski definition) is 3. The quantitative estimate of drug-likeness (QED) is 0.656. The van der Waals surface area contributed by atoms with Crippen molar-refractivity contribution in [2.24, 2.45) is 0 Å². The van der Waals surface area contributed by atoms with E-state index in [9.17, 15) is 8.42 Å².